The lowest BCUT2D eigenvalue weighted by molar-refractivity contribution is 0.203. The molecule has 0 heterocycles. The maximum atomic E-state index is 6.04. The van der Waals surface area contributed by atoms with Gasteiger partial charge in [0.1, 0.15) is 0 Å². The number of alkyl halides is 2. The molecule has 0 saturated heterocycles. The van der Waals surface area contributed by atoms with Crippen LogP contribution in [0.3, 0.4) is 0 Å². The normalized spacial score (nSPS) is 55.3. The minimum absolute atomic E-state index is 0.825. The van der Waals surface area contributed by atoms with Crippen LogP contribution in [0.2, 0.25) is 0 Å². The smallest absolute Gasteiger partial charge is 0.0254 e. The molecule has 0 spiro atoms. The average Bonchev–Trinajstić information content (AvgIpc) is 2.87. The molecular weight excluding hydrogens is 215 g/mol. The number of fused-ring (bicyclic) bond motifs is 5. The van der Waals surface area contributed by atoms with Gasteiger partial charge in [0.2, 0.25) is 0 Å². The summed E-state index contributed by atoms with van der Waals surface area (Å²) < 4.78 is 0. The topological polar surface area (TPSA) is 0 Å². The summed E-state index contributed by atoms with van der Waals surface area (Å²) in [5, 5.41) is 0. The molecule has 3 aliphatic rings. The van der Waals surface area contributed by atoms with Gasteiger partial charge >= 0.3 is 0 Å². The first-order valence-electron chi connectivity index (χ1n) is 5.95. The zero-order valence-electron chi connectivity index (χ0n) is 8.46. The Hall–Kier alpha value is 0.580. The standard InChI is InChI=1S/C12H18Cl2/c13-5-7-1-10-8-3-9(6-14)11(4-8)12(10)2-7/h7-12H,1-6H2. The Morgan fingerprint density at radius 3 is 2.29 bits per heavy atom. The second kappa shape index (κ2) is 3.56. The fourth-order valence-electron chi connectivity index (χ4n) is 4.63. The molecule has 6 atom stereocenters. The monoisotopic (exact) mass is 232 g/mol. The third-order valence-corrected chi connectivity index (χ3v) is 5.95. The summed E-state index contributed by atoms with van der Waals surface area (Å²) in [6.07, 6.45) is 5.74. The molecule has 0 radical (unpaired) electrons. The van der Waals surface area contributed by atoms with Crippen LogP contribution in [0, 0.1) is 35.5 Å². The van der Waals surface area contributed by atoms with Crippen LogP contribution in [0.15, 0.2) is 0 Å². The molecule has 3 rings (SSSR count). The predicted octanol–water partition coefficient (Wildman–Crippen LogP) is 3.76. The Bertz CT molecular complexity index is 226. The molecule has 0 N–H and O–H groups in total. The highest BCUT2D eigenvalue weighted by Crippen LogP contribution is 2.62. The molecular formula is C12H18Cl2. The first kappa shape index (κ1) is 9.78. The first-order chi connectivity index (χ1) is 6.83. The van der Waals surface area contributed by atoms with Gasteiger partial charge in [0.05, 0.1) is 0 Å². The average molecular weight is 233 g/mol. The van der Waals surface area contributed by atoms with E-state index in [0.29, 0.717) is 0 Å². The van der Waals surface area contributed by atoms with Crippen molar-refractivity contribution in [3.63, 3.8) is 0 Å². The predicted molar refractivity (Wildman–Crippen MR) is 60.8 cm³/mol. The van der Waals surface area contributed by atoms with Crippen molar-refractivity contribution in [2.45, 2.75) is 25.7 Å². The van der Waals surface area contributed by atoms with E-state index in [2.05, 4.69) is 0 Å². The van der Waals surface area contributed by atoms with Gasteiger partial charge in [0, 0.05) is 11.8 Å². The van der Waals surface area contributed by atoms with Crippen molar-refractivity contribution in [1.82, 2.24) is 0 Å². The molecule has 3 saturated carbocycles. The van der Waals surface area contributed by atoms with Crippen molar-refractivity contribution < 1.29 is 0 Å². The van der Waals surface area contributed by atoms with Crippen LogP contribution in [-0.2, 0) is 0 Å². The highest BCUT2D eigenvalue weighted by molar-refractivity contribution is 6.18. The maximum absolute atomic E-state index is 6.04. The van der Waals surface area contributed by atoms with Crippen LogP contribution in [0.5, 0.6) is 0 Å². The Balaban J connectivity index is 1.75. The van der Waals surface area contributed by atoms with Crippen molar-refractivity contribution in [3.05, 3.63) is 0 Å². The van der Waals surface area contributed by atoms with Crippen LogP contribution < -0.4 is 0 Å². The van der Waals surface area contributed by atoms with Crippen molar-refractivity contribution in [2.75, 3.05) is 11.8 Å². The van der Waals surface area contributed by atoms with Gasteiger partial charge in [-0.1, -0.05) is 0 Å². The van der Waals surface area contributed by atoms with Crippen LogP contribution >= 0.6 is 23.2 Å². The molecule has 0 aromatic heterocycles. The molecule has 0 amide bonds. The maximum Gasteiger partial charge on any atom is 0.0254 e. The number of hydrogen-bond donors (Lipinski definition) is 0. The van der Waals surface area contributed by atoms with Crippen molar-refractivity contribution in [1.29, 1.82) is 0 Å². The van der Waals surface area contributed by atoms with E-state index in [1.165, 1.54) is 25.7 Å². The summed E-state index contributed by atoms with van der Waals surface area (Å²) in [5.74, 6) is 7.47. The number of halogens is 2. The first-order valence-corrected chi connectivity index (χ1v) is 7.02. The van der Waals surface area contributed by atoms with E-state index in [9.17, 15) is 0 Å². The van der Waals surface area contributed by atoms with Crippen molar-refractivity contribution >= 4 is 23.2 Å². The Kier molecular flexibility index (Phi) is 2.49. The summed E-state index contributed by atoms with van der Waals surface area (Å²) >= 11 is 12.0. The molecule has 2 bridgehead atoms. The lowest BCUT2D eigenvalue weighted by atomic mass is 9.76. The number of rotatable bonds is 2. The van der Waals surface area contributed by atoms with Gasteiger partial charge in [0.15, 0.2) is 0 Å². The van der Waals surface area contributed by atoms with Gasteiger partial charge in [0.25, 0.3) is 0 Å². The lowest BCUT2D eigenvalue weighted by Gasteiger charge is -2.30. The van der Waals surface area contributed by atoms with E-state index in [4.69, 9.17) is 23.2 Å². The zero-order chi connectivity index (χ0) is 9.71. The van der Waals surface area contributed by atoms with E-state index in [1.807, 2.05) is 0 Å². The molecule has 0 aliphatic heterocycles. The fourth-order valence-corrected chi connectivity index (χ4v) is 5.24. The van der Waals surface area contributed by atoms with E-state index >= 15 is 0 Å². The lowest BCUT2D eigenvalue weighted by Crippen LogP contribution is -2.25. The highest BCUT2D eigenvalue weighted by Gasteiger charge is 2.55. The van der Waals surface area contributed by atoms with Gasteiger partial charge in [-0.2, -0.15) is 0 Å². The van der Waals surface area contributed by atoms with Crippen LogP contribution in [0.4, 0.5) is 0 Å². The van der Waals surface area contributed by atoms with Gasteiger partial charge in [-0.3, -0.25) is 0 Å². The van der Waals surface area contributed by atoms with Gasteiger partial charge in [-0.25, -0.2) is 0 Å². The van der Waals surface area contributed by atoms with Crippen molar-refractivity contribution in [3.8, 4) is 0 Å². The third-order valence-electron chi connectivity index (χ3n) is 5.12. The SMILES string of the molecule is ClCC1CC2C3CC(CCl)C(C3)C2C1. The second-order valence-corrected chi connectivity index (χ2v) is 6.25. The summed E-state index contributed by atoms with van der Waals surface area (Å²) in [7, 11) is 0. The molecule has 14 heavy (non-hydrogen) atoms. The van der Waals surface area contributed by atoms with Gasteiger partial charge in [-0.05, 0) is 61.2 Å². The van der Waals surface area contributed by atoms with Crippen LogP contribution in [0.25, 0.3) is 0 Å². The molecule has 80 valence electrons. The molecule has 0 nitrogen and oxygen atoms in total. The van der Waals surface area contributed by atoms with Crippen LogP contribution in [-0.4, -0.2) is 11.8 Å². The minimum Gasteiger partial charge on any atom is -0.126 e. The van der Waals surface area contributed by atoms with E-state index in [1.54, 1.807) is 0 Å². The largest absolute Gasteiger partial charge is 0.126 e. The summed E-state index contributed by atoms with van der Waals surface area (Å²) in [5.41, 5.74) is 0. The molecule has 0 aromatic carbocycles. The Morgan fingerprint density at radius 2 is 1.57 bits per heavy atom. The molecule has 3 fully saturated rings. The van der Waals surface area contributed by atoms with E-state index in [-0.39, 0.29) is 0 Å². The molecule has 2 heteroatoms. The molecule has 3 aliphatic carbocycles. The zero-order valence-corrected chi connectivity index (χ0v) is 9.97. The van der Waals surface area contributed by atoms with E-state index in [0.717, 1.165) is 47.3 Å². The second-order valence-electron chi connectivity index (χ2n) is 5.63. The summed E-state index contributed by atoms with van der Waals surface area (Å²) in [4.78, 5) is 0. The summed E-state index contributed by atoms with van der Waals surface area (Å²) in [6.45, 7) is 0. The minimum atomic E-state index is 0.825. The highest BCUT2D eigenvalue weighted by atomic mass is 35.5. The number of hydrogen-bond acceptors (Lipinski definition) is 0. The quantitative estimate of drug-likeness (QED) is 0.637. The van der Waals surface area contributed by atoms with Crippen LogP contribution in [0.1, 0.15) is 25.7 Å². The molecule has 0 aromatic rings. The third kappa shape index (κ3) is 1.26. The fraction of sp³-hybridized carbons (Fsp3) is 1.00. The Morgan fingerprint density at radius 1 is 0.786 bits per heavy atom. The van der Waals surface area contributed by atoms with Gasteiger partial charge < -0.3 is 0 Å². The Labute approximate surface area is 96.3 Å². The van der Waals surface area contributed by atoms with E-state index < -0.39 is 0 Å². The summed E-state index contributed by atoms with van der Waals surface area (Å²) in [6, 6.07) is 0. The van der Waals surface area contributed by atoms with Gasteiger partial charge in [-0.15, -0.1) is 23.2 Å². The van der Waals surface area contributed by atoms with Crippen molar-refractivity contribution in [2.24, 2.45) is 35.5 Å². The molecule has 6 unspecified atom stereocenters.